The van der Waals surface area contributed by atoms with Gasteiger partial charge in [0.15, 0.2) is 0 Å². The normalized spacial score (nSPS) is 14.6. The van der Waals surface area contributed by atoms with E-state index in [9.17, 15) is 0 Å². The Kier molecular flexibility index (Phi) is 9.44. The van der Waals surface area contributed by atoms with Gasteiger partial charge >= 0.3 is 0 Å². The van der Waals surface area contributed by atoms with Gasteiger partial charge in [-0.25, -0.2) is 0 Å². The Morgan fingerprint density at radius 1 is 0.264 bits per heavy atom. The second-order valence-electron chi connectivity index (χ2n) is 20.3. The molecule has 0 N–H and O–H groups in total. The van der Waals surface area contributed by atoms with E-state index < -0.39 is 10.8 Å². The molecule has 72 heavy (non-hydrogen) atoms. The lowest BCUT2D eigenvalue weighted by atomic mass is 9.67. The standard InChI is InChI=1S/C71H51N/c1-69(2)61-33-18-15-30-56(61)58-44-40-49(46-65(58)69)48-38-41-54(42-39-48)72(55-43-45-59-57-31-16-19-34-62(57)71(66(59)47-55,52-26-11-5-12-27-52)53-28-13-6-14-29-53)67-37-21-36-64-68(67)60-32-17-20-35-63(60)70(64,50-22-7-3-8-23-50)51-24-9-4-10-25-51/h3-47H,1-2H3. The maximum atomic E-state index is 2.54. The number of benzene rings is 11. The second kappa shape index (κ2) is 16.1. The molecule has 0 atom stereocenters. The van der Waals surface area contributed by atoms with Crippen LogP contribution < -0.4 is 4.90 Å². The van der Waals surface area contributed by atoms with Crippen LogP contribution in [0, 0.1) is 0 Å². The number of rotatable bonds is 8. The molecule has 0 saturated heterocycles. The van der Waals surface area contributed by atoms with Crippen LogP contribution in [0.3, 0.4) is 0 Å². The summed E-state index contributed by atoms with van der Waals surface area (Å²) >= 11 is 0. The zero-order chi connectivity index (χ0) is 48.0. The van der Waals surface area contributed by atoms with Crippen molar-refractivity contribution in [3.8, 4) is 44.5 Å². The van der Waals surface area contributed by atoms with Gasteiger partial charge in [0.2, 0.25) is 0 Å². The molecule has 0 radical (unpaired) electrons. The van der Waals surface area contributed by atoms with Crippen LogP contribution in [0.25, 0.3) is 44.5 Å². The molecule has 14 rings (SSSR count). The van der Waals surface area contributed by atoms with E-state index in [1.807, 2.05) is 0 Å². The number of fused-ring (bicyclic) bond motifs is 9. The Morgan fingerprint density at radius 3 is 1.25 bits per heavy atom. The summed E-state index contributed by atoms with van der Waals surface area (Å²) < 4.78 is 0. The molecule has 0 bridgehead atoms. The molecule has 0 saturated carbocycles. The van der Waals surface area contributed by atoms with Crippen LogP contribution in [0.4, 0.5) is 17.1 Å². The van der Waals surface area contributed by atoms with Gasteiger partial charge in [-0.05, 0) is 131 Å². The Balaban J connectivity index is 1.02. The molecule has 11 aromatic carbocycles. The van der Waals surface area contributed by atoms with E-state index in [1.54, 1.807) is 0 Å². The fourth-order valence-corrected chi connectivity index (χ4v) is 13.3. The van der Waals surface area contributed by atoms with Crippen molar-refractivity contribution in [2.75, 3.05) is 4.90 Å². The van der Waals surface area contributed by atoms with Crippen LogP contribution in [0.2, 0.25) is 0 Å². The molecule has 0 fully saturated rings. The predicted molar refractivity (Wildman–Crippen MR) is 299 cm³/mol. The molecular formula is C71H51N. The molecule has 0 aromatic heterocycles. The Labute approximate surface area is 423 Å². The predicted octanol–water partition coefficient (Wildman–Crippen LogP) is 17.9. The highest BCUT2D eigenvalue weighted by atomic mass is 15.1. The third-order valence-electron chi connectivity index (χ3n) is 16.4. The van der Waals surface area contributed by atoms with Crippen molar-refractivity contribution in [1.82, 2.24) is 0 Å². The molecule has 0 spiro atoms. The number of nitrogens with zero attached hydrogens (tertiary/aromatic N) is 1. The third kappa shape index (κ3) is 5.89. The highest BCUT2D eigenvalue weighted by Gasteiger charge is 2.49. The maximum absolute atomic E-state index is 2.54. The highest BCUT2D eigenvalue weighted by molar-refractivity contribution is 5.99. The summed E-state index contributed by atoms with van der Waals surface area (Å²) in [6, 6.07) is 102. The van der Waals surface area contributed by atoms with Gasteiger partial charge in [0.1, 0.15) is 0 Å². The Morgan fingerprint density at radius 2 is 0.667 bits per heavy atom. The smallest absolute Gasteiger partial charge is 0.0714 e. The van der Waals surface area contributed by atoms with Crippen LogP contribution in [-0.2, 0) is 16.2 Å². The van der Waals surface area contributed by atoms with Gasteiger partial charge in [-0.3, -0.25) is 0 Å². The Hall–Kier alpha value is -8.78. The molecule has 11 aromatic rings. The quantitative estimate of drug-likeness (QED) is 0.147. The van der Waals surface area contributed by atoms with E-state index in [0.717, 1.165) is 17.1 Å². The molecule has 1 nitrogen and oxygen atoms in total. The molecule has 1 heteroatoms. The lowest BCUT2D eigenvalue weighted by Gasteiger charge is -2.35. The molecule has 340 valence electrons. The molecule has 3 aliphatic rings. The minimum absolute atomic E-state index is 0.0840. The van der Waals surface area contributed by atoms with E-state index in [0.29, 0.717) is 0 Å². The van der Waals surface area contributed by atoms with Crippen molar-refractivity contribution in [2.45, 2.75) is 30.1 Å². The third-order valence-corrected chi connectivity index (χ3v) is 16.4. The summed E-state index contributed by atoms with van der Waals surface area (Å²) in [5.74, 6) is 0. The molecule has 3 aliphatic carbocycles. The van der Waals surface area contributed by atoms with Gasteiger partial charge in [-0.2, -0.15) is 0 Å². The fraction of sp³-hybridized carbons (Fsp3) is 0.0704. The Bertz CT molecular complexity index is 3790. The average Bonchev–Trinajstić information content (AvgIpc) is 4.01. The van der Waals surface area contributed by atoms with E-state index >= 15 is 0 Å². The molecular weight excluding hydrogens is 867 g/mol. The van der Waals surface area contributed by atoms with Crippen LogP contribution in [0.15, 0.2) is 273 Å². The number of hydrogen-bond acceptors (Lipinski definition) is 1. The summed E-state index contributed by atoms with van der Waals surface area (Å²) in [6.45, 7) is 4.73. The number of anilines is 3. The summed E-state index contributed by atoms with van der Waals surface area (Å²) in [4.78, 5) is 2.54. The van der Waals surface area contributed by atoms with Crippen molar-refractivity contribution >= 4 is 17.1 Å². The van der Waals surface area contributed by atoms with Gasteiger partial charge in [-0.15, -0.1) is 0 Å². The zero-order valence-electron chi connectivity index (χ0n) is 40.4. The summed E-state index contributed by atoms with van der Waals surface area (Å²) in [5, 5.41) is 0. The molecule has 0 aliphatic heterocycles. The molecule has 0 amide bonds. The first-order chi connectivity index (χ1) is 35.5. The van der Waals surface area contributed by atoms with E-state index in [1.165, 1.54) is 100 Å². The monoisotopic (exact) mass is 917 g/mol. The lowest BCUT2D eigenvalue weighted by molar-refractivity contribution is 0.660. The van der Waals surface area contributed by atoms with Crippen LogP contribution in [0.1, 0.15) is 69.5 Å². The van der Waals surface area contributed by atoms with Crippen LogP contribution in [-0.4, -0.2) is 0 Å². The van der Waals surface area contributed by atoms with Crippen molar-refractivity contribution in [1.29, 1.82) is 0 Å². The fourth-order valence-electron chi connectivity index (χ4n) is 13.3. The van der Waals surface area contributed by atoms with Gasteiger partial charge in [-0.1, -0.05) is 250 Å². The first kappa shape index (κ1) is 42.1. The van der Waals surface area contributed by atoms with Gasteiger partial charge < -0.3 is 4.90 Å². The molecule has 0 heterocycles. The highest BCUT2D eigenvalue weighted by Crippen LogP contribution is 2.61. The lowest BCUT2D eigenvalue weighted by Crippen LogP contribution is -2.29. The summed E-state index contributed by atoms with van der Waals surface area (Å²) in [6.07, 6.45) is 0. The van der Waals surface area contributed by atoms with E-state index in [-0.39, 0.29) is 5.41 Å². The summed E-state index contributed by atoms with van der Waals surface area (Å²) in [7, 11) is 0. The largest absolute Gasteiger partial charge is 0.310 e. The molecule has 0 unspecified atom stereocenters. The van der Waals surface area contributed by atoms with Crippen molar-refractivity contribution in [3.05, 3.63) is 329 Å². The number of hydrogen-bond donors (Lipinski definition) is 0. The van der Waals surface area contributed by atoms with Gasteiger partial charge in [0.05, 0.1) is 16.5 Å². The second-order valence-corrected chi connectivity index (χ2v) is 20.3. The first-order valence-corrected chi connectivity index (χ1v) is 25.3. The average molecular weight is 918 g/mol. The van der Waals surface area contributed by atoms with E-state index in [2.05, 4.69) is 292 Å². The van der Waals surface area contributed by atoms with E-state index in [4.69, 9.17) is 0 Å². The van der Waals surface area contributed by atoms with Gasteiger partial charge in [0.25, 0.3) is 0 Å². The van der Waals surface area contributed by atoms with Crippen molar-refractivity contribution in [3.63, 3.8) is 0 Å². The minimum atomic E-state index is -0.554. The van der Waals surface area contributed by atoms with Crippen LogP contribution in [0.5, 0.6) is 0 Å². The minimum Gasteiger partial charge on any atom is -0.310 e. The maximum Gasteiger partial charge on any atom is 0.0714 e. The topological polar surface area (TPSA) is 3.24 Å². The first-order valence-electron chi connectivity index (χ1n) is 25.3. The summed E-state index contributed by atoms with van der Waals surface area (Å²) in [5.41, 5.74) is 25.2. The van der Waals surface area contributed by atoms with Crippen molar-refractivity contribution < 1.29 is 0 Å². The van der Waals surface area contributed by atoms with Crippen molar-refractivity contribution in [2.24, 2.45) is 0 Å². The SMILES string of the molecule is CC1(C)c2ccccc2-c2ccc(-c3ccc(N(c4ccc5c(c4)C(c4ccccc4)(c4ccccc4)c4ccccc4-5)c4cccc5c4-c4ccccc4C5(c4ccccc4)c4ccccc4)cc3)cc21. The van der Waals surface area contributed by atoms with Crippen LogP contribution >= 0.6 is 0 Å². The van der Waals surface area contributed by atoms with Gasteiger partial charge in [0, 0.05) is 22.4 Å². The zero-order valence-corrected chi connectivity index (χ0v) is 40.4.